The Morgan fingerprint density at radius 3 is 2.04 bits per heavy atom. The van der Waals surface area contributed by atoms with Crippen molar-refractivity contribution in [2.45, 2.75) is 20.3 Å². The van der Waals surface area contributed by atoms with Crippen molar-refractivity contribution in [3.8, 4) is 0 Å². The lowest BCUT2D eigenvalue weighted by atomic mass is 10.1. The number of phosphoric acid groups is 1. The van der Waals surface area contributed by atoms with E-state index in [1.54, 1.807) is 37.3 Å². The summed E-state index contributed by atoms with van der Waals surface area (Å²) in [7, 11) is -4.80. The van der Waals surface area contributed by atoms with Gasteiger partial charge in [0.1, 0.15) is 0 Å². The molecule has 140 valence electrons. The third kappa shape index (κ3) is 7.58. The minimum absolute atomic E-state index is 0.158. The molecule has 0 aliphatic heterocycles. The van der Waals surface area contributed by atoms with E-state index >= 15 is 0 Å². The molecule has 0 amide bonds. The first kappa shape index (κ1) is 21.5. The van der Waals surface area contributed by atoms with E-state index < -0.39 is 19.8 Å². The quantitative estimate of drug-likeness (QED) is 0.408. The highest BCUT2D eigenvalue weighted by atomic mass is 31.2. The van der Waals surface area contributed by atoms with E-state index in [2.05, 4.69) is 9.56 Å². The van der Waals surface area contributed by atoms with Crippen LogP contribution in [0, 0.1) is 6.92 Å². The van der Waals surface area contributed by atoms with Crippen molar-refractivity contribution >= 4 is 19.8 Å². The summed E-state index contributed by atoms with van der Waals surface area (Å²) in [6.07, 6.45) is 0.828. The number of rotatable bonds is 5. The summed E-state index contributed by atoms with van der Waals surface area (Å²) in [5.41, 5.74) is 2.37. The Hall–Kier alpha value is -2.51. The largest absolute Gasteiger partial charge is 0.505 e. The van der Waals surface area contributed by atoms with Gasteiger partial charge in [-0.3, -0.25) is 4.89 Å². The number of carbonyl (C=O) groups is 2. The summed E-state index contributed by atoms with van der Waals surface area (Å²) in [4.78, 5) is 42.2. The Balaban J connectivity index is 0.000000289. The van der Waals surface area contributed by atoms with Crippen molar-refractivity contribution < 1.29 is 38.6 Å². The molecule has 0 unspecified atom stereocenters. The molecule has 0 atom stereocenters. The van der Waals surface area contributed by atoms with E-state index in [-0.39, 0.29) is 5.56 Å². The van der Waals surface area contributed by atoms with Crippen LogP contribution in [-0.2, 0) is 20.5 Å². The lowest BCUT2D eigenvalue weighted by Crippen LogP contribution is -2.04. The van der Waals surface area contributed by atoms with Crippen LogP contribution in [-0.4, -0.2) is 26.8 Å². The minimum Gasteiger partial charge on any atom is -0.478 e. The Bertz CT molecular complexity index is 795. The third-order valence-corrected chi connectivity index (χ3v) is 3.45. The Kier molecular flexibility index (Phi) is 8.15. The fourth-order valence-electron chi connectivity index (χ4n) is 1.82. The highest BCUT2D eigenvalue weighted by molar-refractivity contribution is 7.46. The zero-order valence-corrected chi connectivity index (χ0v) is 15.1. The lowest BCUT2D eigenvalue weighted by molar-refractivity contribution is -0.166. The van der Waals surface area contributed by atoms with Crippen molar-refractivity contribution in [3.05, 3.63) is 70.8 Å². The van der Waals surface area contributed by atoms with Crippen LogP contribution >= 0.6 is 7.82 Å². The number of aromatic carboxylic acids is 1. The molecular weight excluding hydrogens is 363 g/mol. The second-order valence-corrected chi connectivity index (χ2v) is 6.24. The maximum absolute atomic E-state index is 11.2. The molecule has 0 aliphatic carbocycles. The summed E-state index contributed by atoms with van der Waals surface area (Å²) in [6, 6.07) is 13.3. The zero-order chi connectivity index (χ0) is 19.7. The van der Waals surface area contributed by atoms with Crippen LogP contribution in [0.1, 0.15) is 38.8 Å². The summed E-state index contributed by atoms with van der Waals surface area (Å²) in [5.74, 6) is -1.82. The molecule has 8 nitrogen and oxygen atoms in total. The van der Waals surface area contributed by atoms with Crippen LogP contribution in [0.5, 0.6) is 0 Å². The van der Waals surface area contributed by atoms with Crippen LogP contribution in [0.2, 0.25) is 0 Å². The number of carboxylic acid groups (broad SMARTS) is 1. The van der Waals surface area contributed by atoms with Gasteiger partial charge in [-0.15, -0.1) is 0 Å². The van der Waals surface area contributed by atoms with Crippen LogP contribution < -0.4 is 0 Å². The molecule has 26 heavy (non-hydrogen) atoms. The molecule has 0 saturated carbocycles. The normalized spacial score (nSPS) is 10.5. The fourth-order valence-corrected chi connectivity index (χ4v) is 1.98. The summed E-state index contributed by atoms with van der Waals surface area (Å²) in [5, 5.41) is 8.57. The Morgan fingerprint density at radius 1 is 1.04 bits per heavy atom. The zero-order valence-electron chi connectivity index (χ0n) is 14.2. The lowest BCUT2D eigenvalue weighted by Gasteiger charge is -2.04. The van der Waals surface area contributed by atoms with Gasteiger partial charge in [0.25, 0.3) is 0 Å². The van der Waals surface area contributed by atoms with E-state index in [4.69, 9.17) is 14.9 Å². The van der Waals surface area contributed by atoms with Gasteiger partial charge in [-0.2, -0.15) is 0 Å². The molecule has 0 spiro atoms. The molecular formula is C17H19O8P. The van der Waals surface area contributed by atoms with Gasteiger partial charge in [-0.05, 0) is 42.7 Å². The highest BCUT2D eigenvalue weighted by Crippen LogP contribution is 2.36. The predicted octanol–water partition coefficient (Wildman–Crippen LogP) is 3.12. The van der Waals surface area contributed by atoms with Gasteiger partial charge in [0.05, 0.1) is 11.1 Å². The predicted molar refractivity (Wildman–Crippen MR) is 92.5 cm³/mol. The fraction of sp³-hybridized carbons (Fsp3) is 0.176. The summed E-state index contributed by atoms with van der Waals surface area (Å²) >= 11 is 0. The standard InChI is InChI=1S/C9H11O6P.C8H8O2/c1-2-7-3-5-8(6-4-7)9(10)14-15-16(11,12)13;1-6-4-2-3-5-7(6)8(9)10/h3-6H,2H2,1H3,(H2,11,12,13);2-5H,1H3,(H,9,10). The number of carbonyl (C=O) groups excluding carboxylic acids is 1. The average Bonchev–Trinajstić information content (AvgIpc) is 2.60. The van der Waals surface area contributed by atoms with Crippen LogP contribution in [0.25, 0.3) is 0 Å². The van der Waals surface area contributed by atoms with Crippen molar-refractivity contribution in [1.82, 2.24) is 0 Å². The van der Waals surface area contributed by atoms with E-state index in [0.29, 0.717) is 5.56 Å². The van der Waals surface area contributed by atoms with Crippen molar-refractivity contribution in [3.63, 3.8) is 0 Å². The molecule has 2 rings (SSSR count). The Morgan fingerprint density at radius 2 is 1.62 bits per heavy atom. The van der Waals surface area contributed by atoms with Gasteiger partial charge >= 0.3 is 19.8 Å². The number of hydrogen-bond acceptors (Lipinski definition) is 5. The number of hydrogen-bond donors (Lipinski definition) is 3. The highest BCUT2D eigenvalue weighted by Gasteiger charge is 2.19. The van der Waals surface area contributed by atoms with Gasteiger partial charge < -0.3 is 14.9 Å². The second kappa shape index (κ2) is 9.84. The topological polar surface area (TPSA) is 130 Å². The summed E-state index contributed by atoms with van der Waals surface area (Å²) in [6.45, 7) is 3.74. The second-order valence-electron chi connectivity index (χ2n) is 5.11. The average molecular weight is 382 g/mol. The molecule has 9 heteroatoms. The van der Waals surface area contributed by atoms with Crippen molar-refractivity contribution in [2.24, 2.45) is 0 Å². The molecule has 0 saturated heterocycles. The van der Waals surface area contributed by atoms with E-state index in [1.165, 1.54) is 12.1 Å². The third-order valence-electron chi connectivity index (χ3n) is 3.18. The van der Waals surface area contributed by atoms with Crippen LogP contribution in [0.15, 0.2) is 48.5 Å². The van der Waals surface area contributed by atoms with Gasteiger partial charge in [-0.1, -0.05) is 41.9 Å². The van der Waals surface area contributed by atoms with Crippen molar-refractivity contribution in [2.75, 3.05) is 0 Å². The van der Waals surface area contributed by atoms with Crippen LogP contribution in [0.3, 0.4) is 0 Å². The molecule has 2 aromatic carbocycles. The first-order chi connectivity index (χ1) is 12.1. The SMILES string of the molecule is CCc1ccc(C(=O)OOP(=O)(O)O)cc1.Cc1ccccc1C(=O)O. The van der Waals surface area contributed by atoms with Crippen LogP contribution in [0.4, 0.5) is 0 Å². The molecule has 0 aromatic heterocycles. The first-order valence-corrected chi connectivity index (χ1v) is 9.01. The Labute approximate surface area is 150 Å². The number of carboxylic acids is 1. The minimum atomic E-state index is -4.80. The monoisotopic (exact) mass is 382 g/mol. The molecule has 0 aliphatic rings. The molecule has 0 bridgehead atoms. The maximum atomic E-state index is 11.2. The molecule has 0 heterocycles. The smallest absolute Gasteiger partial charge is 0.478 e. The van der Waals surface area contributed by atoms with Gasteiger partial charge in [0.2, 0.25) is 0 Å². The van der Waals surface area contributed by atoms with E-state index in [1.807, 2.05) is 13.0 Å². The van der Waals surface area contributed by atoms with Gasteiger partial charge in [0.15, 0.2) is 0 Å². The number of aryl methyl sites for hydroxylation is 2. The molecule has 2 aromatic rings. The molecule has 3 N–H and O–H groups in total. The first-order valence-electron chi connectivity index (χ1n) is 7.48. The number of benzene rings is 2. The van der Waals surface area contributed by atoms with Crippen molar-refractivity contribution in [1.29, 1.82) is 0 Å². The summed E-state index contributed by atoms with van der Waals surface area (Å²) < 4.78 is 13.9. The molecule has 0 fully saturated rings. The van der Waals surface area contributed by atoms with Gasteiger partial charge in [0, 0.05) is 0 Å². The van der Waals surface area contributed by atoms with E-state index in [0.717, 1.165) is 17.5 Å². The molecule has 0 radical (unpaired) electrons. The van der Waals surface area contributed by atoms with Gasteiger partial charge in [-0.25, -0.2) is 14.2 Å². The maximum Gasteiger partial charge on any atom is 0.505 e. The van der Waals surface area contributed by atoms with E-state index in [9.17, 15) is 14.2 Å².